The molecular formula is C12H24N2O3S. The summed E-state index contributed by atoms with van der Waals surface area (Å²) in [5.41, 5.74) is 0. The molecule has 0 aromatic carbocycles. The van der Waals surface area contributed by atoms with Crippen molar-refractivity contribution < 1.29 is 13.2 Å². The van der Waals surface area contributed by atoms with Crippen molar-refractivity contribution in [2.24, 2.45) is 0 Å². The van der Waals surface area contributed by atoms with Crippen molar-refractivity contribution in [1.82, 2.24) is 9.62 Å². The average molecular weight is 276 g/mol. The zero-order valence-electron chi connectivity index (χ0n) is 11.3. The number of hydrogen-bond donors (Lipinski definition) is 1. The van der Waals surface area contributed by atoms with Gasteiger partial charge in [-0.15, -0.1) is 0 Å². The van der Waals surface area contributed by atoms with E-state index in [4.69, 9.17) is 0 Å². The molecule has 0 spiro atoms. The van der Waals surface area contributed by atoms with Crippen LogP contribution in [0.15, 0.2) is 0 Å². The highest BCUT2D eigenvalue weighted by Crippen LogP contribution is 2.21. The predicted molar refractivity (Wildman–Crippen MR) is 71.7 cm³/mol. The maximum Gasteiger partial charge on any atom is 0.223 e. The second kappa shape index (κ2) is 7.09. The first-order valence-corrected chi connectivity index (χ1v) is 8.49. The summed E-state index contributed by atoms with van der Waals surface area (Å²) in [6.07, 6.45) is 8.37. The summed E-state index contributed by atoms with van der Waals surface area (Å²) in [6.45, 7) is 0.189. The third kappa shape index (κ3) is 5.82. The Morgan fingerprint density at radius 2 is 1.78 bits per heavy atom. The Hall–Kier alpha value is -0.620. The quantitative estimate of drug-likeness (QED) is 0.765. The van der Waals surface area contributed by atoms with E-state index in [0.29, 0.717) is 6.04 Å². The first kappa shape index (κ1) is 15.4. The van der Waals surface area contributed by atoms with E-state index < -0.39 is 10.0 Å². The Morgan fingerprint density at radius 1 is 1.22 bits per heavy atom. The zero-order chi connectivity index (χ0) is 13.6. The summed E-state index contributed by atoms with van der Waals surface area (Å²) in [5, 5.41) is 0. The van der Waals surface area contributed by atoms with Gasteiger partial charge in [-0.05, 0) is 12.8 Å². The van der Waals surface area contributed by atoms with Crippen LogP contribution in [0.5, 0.6) is 0 Å². The molecule has 0 radical (unpaired) electrons. The standard InChI is InChI=1S/C12H24N2O3S/c1-14(11-7-5-3-4-6-8-11)12(15)9-10-13-18(2,16)17/h11,13H,3-10H2,1-2H3. The van der Waals surface area contributed by atoms with Crippen molar-refractivity contribution in [1.29, 1.82) is 0 Å². The summed E-state index contributed by atoms with van der Waals surface area (Å²) in [4.78, 5) is 13.7. The molecule has 0 unspecified atom stereocenters. The van der Waals surface area contributed by atoms with Crippen LogP contribution < -0.4 is 4.72 Å². The van der Waals surface area contributed by atoms with Gasteiger partial charge >= 0.3 is 0 Å². The fraction of sp³-hybridized carbons (Fsp3) is 0.917. The molecule has 1 aliphatic rings. The molecule has 0 aromatic heterocycles. The van der Waals surface area contributed by atoms with Gasteiger partial charge in [-0.2, -0.15) is 0 Å². The van der Waals surface area contributed by atoms with Gasteiger partial charge in [0.15, 0.2) is 0 Å². The minimum atomic E-state index is -3.20. The second-order valence-electron chi connectivity index (χ2n) is 5.07. The third-order valence-electron chi connectivity index (χ3n) is 3.47. The molecule has 0 aromatic rings. The minimum Gasteiger partial charge on any atom is -0.343 e. The second-order valence-corrected chi connectivity index (χ2v) is 6.90. The maximum absolute atomic E-state index is 11.9. The van der Waals surface area contributed by atoms with Gasteiger partial charge in [0.1, 0.15) is 0 Å². The van der Waals surface area contributed by atoms with E-state index in [1.54, 1.807) is 4.90 Å². The van der Waals surface area contributed by atoms with Crippen LogP contribution in [0.3, 0.4) is 0 Å². The fourth-order valence-corrected chi connectivity index (χ4v) is 2.84. The van der Waals surface area contributed by atoms with Crippen LogP contribution in [0.25, 0.3) is 0 Å². The molecule has 1 amide bonds. The molecule has 1 fully saturated rings. The number of sulfonamides is 1. The Kier molecular flexibility index (Phi) is 6.08. The molecule has 1 N–H and O–H groups in total. The Labute approximate surface area is 110 Å². The highest BCUT2D eigenvalue weighted by molar-refractivity contribution is 7.88. The van der Waals surface area contributed by atoms with Gasteiger partial charge in [-0.1, -0.05) is 25.7 Å². The topological polar surface area (TPSA) is 66.5 Å². The number of carbonyl (C=O) groups is 1. The van der Waals surface area contributed by atoms with Gasteiger partial charge in [-0.3, -0.25) is 4.79 Å². The van der Waals surface area contributed by atoms with Gasteiger partial charge < -0.3 is 4.90 Å². The van der Waals surface area contributed by atoms with Crippen molar-refractivity contribution in [3.05, 3.63) is 0 Å². The van der Waals surface area contributed by atoms with Gasteiger partial charge in [0.2, 0.25) is 15.9 Å². The molecule has 0 saturated heterocycles. The molecule has 0 heterocycles. The van der Waals surface area contributed by atoms with E-state index in [1.807, 2.05) is 7.05 Å². The van der Waals surface area contributed by atoms with Gasteiger partial charge in [0, 0.05) is 26.1 Å². The molecular weight excluding hydrogens is 252 g/mol. The first-order valence-electron chi connectivity index (χ1n) is 6.60. The van der Waals surface area contributed by atoms with Crippen LogP contribution in [0.2, 0.25) is 0 Å². The number of nitrogens with zero attached hydrogens (tertiary/aromatic N) is 1. The number of carbonyl (C=O) groups excluding carboxylic acids is 1. The first-order chi connectivity index (χ1) is 8.40. The Balaban J connectivity index is 2.35. The normalized spacial score (nSPS) is 18.3. The van der Waals surface area contributed by atoms with E-state index in [-0.39, 0.29) is 18.9 Å². The number of amides is 1. The lowest BCUT2D eigenvalue weighted by atomic mass is 10.1. The van der Waals surface area contributed by atoms with Gasteiger partial charge in [0.05, 0.1) is 6.26 Å². The van der Waals surface area contributed by atoms with Crippen LogP contribution in [0.4, 0.5) is 0 Å². The molecule has 1 rings (SSSR count). The largest absolute Gasteiger partial charge is 0.343 e. The van der Waals surface area contributed by atoms with E-state index >= 15 is 0 Å². The monoisotopic (exact) mass is 276 g/mol. The lowest BCUT2D eigenvalue weighted by Gasteiger charge is -2.27. The number of nitrogens with one attached hydrogen (secondary N) is 1. The SMILES string of the molecule is CN(C(=O)CCNS(C)(=O)=O)C1CCCCCC1. The number of hydrogen-bond acceptors (Lipinski definition) is 3. The van der Waals surface area contributed by atoms with E-state index in [1.165, 1.54) is 25.7 Å². The average Bonchev–Trinajstić information content (AvgIpc) is 2.54. The highest BCUT2D eigenvalue weighted by Gasteiger charge is 2.20. The Bertz CT molecular complexity index is 360. The lowest BCUT2D eigenvalue weighted by Crippen LogP contribution is -2.38. The Morgan fingerprint density at radius 3 is 2.28 bits per heavy atom. The summed E-state index contributed by atoms with van der Waals surface area (Å²) < 4.78 is 24.1. The summed E-state index contributed by atoms with van der Waals surface area (Å²) in [5.74, 6) is 0.0260. The molecule has 0 atom stereocenters. The molecule has 6 heteroatoms. The van der Waals surface area contributed by atoms with E-state index in [0.717, 1.165) is 19.1 Å². The van der Waals surface area contributed by atoms with Crippen molar-refractivity contribution in [2.75, 3.05) is 19.8 Å². The molecule has 106 valence electrons. The highest BCUT2D eigenvalue weighted by atomic mass is 32.2. The van der Waals surface area contributed by atoms with E-state index in [2.05, 4.69) is 4.72 Å². The molecule has 5 nitrogen and oxygen atoms in total. The van der Waals surface area contributed by atoms with Crippen LogP contribution in [-0.2, 0) is 14.8 Å². The number of rotatable bonds is 5. The van der Waals surface area contributed by atoms with Crippen molar-refractivity contribution in [2.45, 2.75) is 51.0 Å². The minimum absolute atomic E-state index is 0.0260. The molecule has 1 aliphatic carbocycles. The van der Waals surface area contributed by atoms with Crippen LogP contribution in [0, 0.1) is 0 Å². The van der Waals surface area contributed by atoms with Crippen molar-refractivity contribution >= 4 is 15.9 Å². The summed E-state index contributed by atoms with van der Waals surface area (Å²) >= 11 is 0. The predicted octanol–water partition coefficient (Wildman–Crippen LogP) is 1.11. The van der Waals surface area contributed by atoms with Gasteiger partial charge in [0.25, 0.3) is 0 Å². The van der Waals surface area contributed by atoms with Gasteiger partial charge in [-0.25, -0.2) is 13.1 Å². The molecule has 18 heavy (non-hydrogen) atoms. The van der Waals surface area contributed by atoms with Crippen molar-refractivity contribution in [3.63, 3.8) is 0 Å². The van der Waals surface area contributed by atoms with E-state index in [9.17, 15) is 13.2 Å². The van der Waals surface area contributed by atoms with Crippen LogP contribution in [-0.4, -0.2) is 45.1 Å². The summed E-state index contributed by atoms with van der Waals surface area (Å²) in [6, 6.07) is 0.332. The molecule has 0 bridgehead atoms. The molecule has 0 aliphatic heterocycles. The van der Waals surface area contributed by atoms with Crippen molar-refractivity contribution in [3.8, 4) is 0 Å². The zero-order valence-corrected chi connectivity index (χ0v) is 12.1. The van der Waals surface area contributed by atoms with Crippen LogP contribution >= 0.6 is 0 Å². The lowest BCUT2D eigenvalue weighted by molar-refractivity contribution is -0.132. The van der Waals surface area contributed by atoms with Crippen LogP contribution in [0.1, 0.15) is 44.9 Å². The third-order valence-corrected chi connectivity index (χ3v) is 4.20. The fourth-order valence-electron chi connectivity index (χ4n) is 2.37. The smallest absolute Gasteiger partial charge is 0.223 e. The maximum atomic E-state index is 11.9. The molecule has 1 saturated carbocycles. The summed E-state index contributed by atoms with van der Waals surface area (Å²) in [7, 11) is -1.36.